The highest BCUT2D eigenvalue weighted by molar-refractivity contribution is 7.15. The van der Waals surface area contributed by atoms with Crippen molar-refractivity contribution in [2.24, 2.45) is 0 Å². The number of fused-ring (bicyclic) bond motifs is 1. The van der Waals surface area contributed by atoms with Gasteiger partial charge in [0.25, 0.3) is 5.56 Å². The Hall–Kier alpha value is -4.04. The van der Waals surface area contributed by atoms with Crippen molar-refractivity contribution in [3.8, 4) is 22.7 Å². The predicted molar refractivity (Wildman–Crippen MR) is 125 cm³/mol. The topological polar surface area (TPSA) is 74.3 Å². The SMILES string of the molecule is C=CCOc1ccc(-c2nn(-c3ccccc3)cc2C=c2sc3ncnn3c2=O)c(C)c1. The van der Waals surface area contributed by atoms with Crippen LogP contribution in [0.25, 0.3) is 28.0 Å². The summed E-state index contributed by atoms with van der Waals surface area (Å²) >= 11 is 1.30. The number of ether oxygens (including phenoxy) is 1. The number of hydrogen-bond donors (Lipinski definition) is 0. The number of hydrogen-bond acceptors (Lipinski definition) is 6. The van der Waals surface area contributed by atoms with Crippen LogP contribution in [-0.2, 0) is 0 Å². The summed E-state index contributed by atoms with van der Waals surface area (Å²) in [7, 11) is 0. The summed E-state index contributed by atoms with van der Waals surface area (Å²) in [4.78, 5) is 17.4. The smallest absolute Gasteiger partial charge is 0.291 e. The van der Waals surface area contributed by atoms with Crippen LogP contribution in [-0.4, -0.2) is 31.0 Å². The third-order valence-corrected chi connectivity index (χ3v) is 5.96. The molecular weight excluding hydrogens is 422 g/mol. The van der Waals surface area contributed by atoms with Gasteiger partial charge in [-0.1, -0.05) is 42.2 Å². The zero-order chi connectivity index (χ0) is 22.1. The van der Waals surface area contributed by atoms with E-state index < -0.39 is 0 Å². The molecule has 0 radical (unpaired) electrons. The highest BCUT2D eigenvalue weighted by Crippen LogP contribution is 2.30. The molecule has 5 rings (SSSR count). The van der Waals surface area contributed by atoms with Crippen LogP contribution in [0.5, 0.6) is 5.75 Å². The highest BCUT2D eigenvalue weighted by atomic mass is 32.1. The zero-order valence-corrected chi connectivity index (χ0v) is 18.1. The Bertz CT molecular complexity index is 1530. The number of aromatic nitrogens is 5. The van der Waals surface area contributed by atoms with Gasteiger partial charge in [-0.05, 0) is 48.9 Å². The van der Waals surface area contributed by atoms with Gasteiger partial charge in [0, 0.05) is 17.3 Å². The van der Waals surface area contributed by atoms with Gasteiger partial charge in [-0.2, -0.15) is 14.7 Å². The Balaban J connectivity index is 1.68. The van der Waals surface area contributed by atoms with E-state index >= 15 is 0 Å². The number of aryl methyl sites for hydroxylation is 1. The van der Waals surface area contributed by atoms with Gasteiger partial charge in [-0.15, -0.1) is 0 Å². The third kappa shape index (κ3) is 3.61. The molecule has 0 saturated heterocycles. The molecule has 0 amide bonds. The van der Waals surface area contributed by atoms with Crippen molar-refractivity contribution in [1.29, 1.82) is 0 Å². The maximum Gasteiger partial charge on any atom is 0.291 e. The second kappa shape index (κ2) is 8.24. The summed E-state index contributed by atoms with van der Waals surface area (Å²) in [6.07, 6.45) is 6.88. The van der Waals surface area contributed by atoms with Gasteiger partial charge in [-0.3, -0.25) is 4.79 Å². The Morgan fingerprint density at radius 2 is 2.03 bits per heavy atom. The van der Waals surface area contributed by atoms with E-state index in [0.29, 0.717) is 16.1 Å². The van der Waals surface area contributed by atoms with Crippen molar-refractivity contribution in [1.82, 2.24) is 24.4 Å². The van der Waals surface area contributed by atoms with Crippen LogP contribution in [0.2, 0.25) is 0 Å². The van der Waals surface area contributed by atoms with Crippen molar-refractivity contribution >= 4 is 22.4 Å². The monoisotopic (exact) mass is 441 g/mol. The molecule has 0 N–H and O–H groups in total. The van der Waals surface area contributed by atoms with Crippen LogP contribution in [0.15, 0.2) is 78.5 Å². The first-order valence-electron chi connectivity index (χ1n) is 9.98. The van der Waals surface area contributed by atoms with Crippen LogP contribution >= 0.6 is 11.3 Å². The van der Waals surface area contributed by atoms with Crippen molar-refractivity contribution in [3.05, 3.63) is 99.7 Å². The maximum absolute atomic E-state index is 12.7. The maximum atomic E-state index is 12.7. The molecule has 0 aliphatic rings. The van der Waals surface area contributed by atoms with E-state index in [2.05, 4.69) is 16.7 Å². The van der Waals surface area contributed by atoms with Gasteiger partial charge in [-0.25, -0.2) is 9.67 Å². The van der Waals surface area contributed by atoms with E-state index in [-0.39, 0.29) is 5.56 Å². The Morgan fingerprint density at radius 3 is 2.78 bits per heavy atom. The minimum Gasteiger partial charge on any atom is -0.490 e. The van der Waals surface area contributed by atoms with Gasteiger partial charge in [0.05, 0.1) is 10.2 Å². The summed E-state index contributed by atoms with van der Waals surface area (Å²) in [5.74, 6) is 0.770. The first kappa shape index (κ1) is 19.9. The lowest BCUT2D eigenvalue weighted by atomic mass is 10.0. The fraction of sp³-hybridized carbons (Fsp3) is 0.0833. The molecule has 32 heavy (non-hydrogen) atoms. The normalized spacial score (nSPS) is 11.8. The van der Waals surface area contributed by atoms with Gasteiger partial charge < -0.3 is 4.74 Å². The van der Waals surface area contributed by atoms with Crippen molar-refractivity contribution in [3.63, 3.8) is 0 Å². The molecule has 5 aromatic rings. The van der Waals surface area contributed by atoms with Crippen molar-refractivity contribution in [2.45, 2.75) is 6.92 Å². The molecule has 0 aliphatic carbocycles. The van der Waals surface area contributed by atoms with Gasteiger partial charge >= 0.3 is 0 Å². The quantitative estimate of drug-likeness (QED) is 0.378. The van der Waals surface area contributed by atoms with E-state index in [4.69, 9.17) is 9.84 Å². The molecule has 8 heteroatoms. The molecule has 3 heterocycles. The number of rotatable bonds is 6. The van der Waals surface area contributed by atoms with Crippen LogP contribution in [0.3, 0.4) is 0 Å². The summed E-state index contributed by atoms with van der Waals surface area (Å²) in [6.45, 7) is 6.15. The van der Waals surface area contributed by atoms with Crippen LogP contribution < -0.4 is 14.8 Å². The lowest BCUT2D eigenvalue weighted by Crippen LogP contribution is -2.23. The second-order valence-electron chi connectivity index (χ2n) is 7.16. The van der Waals surface area contributed by atoms with Crippen LogP contribution in [0.1, 0.15) is 11.1 Å². The van der Waals surface area contributed by atoms with Gasteiger partial charge in [0.1, 0.15) is 24.4 Å². The lowest BCUT2D eigenvalue weighted by molar-refractivity contribution is 0.363. The molecular formula is C24H19N5O2S. The summed E-state index contributed by atoms with van der Waals surface area (Å²) < 4.78 is 9.35. The molecule has 0 atom stereocenters. The Kier molecular flexibility index (Phi) is 5.12. The van der Waals surface area contributed by atoms with Gasteiger partial charge in [0.2, 0.25) is 4.96 Å². The fourth-order valence-electron chi connectivity index (χ4n) is 3.48. The average Bonchev–Trinajstić information content (AvgIpc) is 3.51. The fourth-order valence-corrected chi connectivity index (χ4v) is 4.35. The molecule has 3 aromatic heterocycles. The predicted octanol–water partition coefficient (Wildman–Crippen LogP) is 3.42. The molecule has 2 aromatic carbocycles. The summed E-state index contributed by atoms with van der Waals surface area (Å²) in [5, 5.41) is 8.87. The summed E-state index contributed by atoms with van der Waals surface area (Å²) in [6, 6.07) is 15.8. The standard InChI is InChI=1S/C24H19N5O2S/c1-3-11-31-19-9-10-20(16(2)12-19)22-17(14-28(27-22)18-7-5-4-6-8-18)13-21-23(30)29-24(32-21)25-15-26-29/h3-10,12-15H,1,11H2,2H3. The largest absolute Gasteiger partial charge is 0.490 e. The third-order valence-electron chi connectivity index (χ3n) is 4.99. The second-order valence-corrected chi connectivity index (χ2v) is 8.17. The number of thiazole rings is 1. The highest BCUT2D eigenvalue weighted by Gasteiger charge is 2.15. The molecule has 0 saturated carbocycles. The van der Waals surface area contributed by atoms with Crippen LogP contribution in [0, 0.1) is 6.92 Å². The molecule has 0 spiro atoms. The average molecular weight is 442 g/mol. The van der Waals surface area contributed by atoms with E-state index in [9.17, 15) is 4.79 Å². The lowest BCUT2D eigenvalue weighted by Gasteiger charge is -2.08. The van der Waals surface area contributed by atoms with Crippen molar-refractivity contribution < 1.29 is 4.74 Å². The first-order chi connectivity index (χ1) is 15.6. The Morgan fingerprint density at radius 1 is 1.19 bits per heavy atom. The number of nitrogens with zero attached hydrogens (tertiary/aromatic N) is 5. The van der Waals surface area contributed by atoms with E-state index in [0.717, 1.165) is 33.8 Å². The summed E-state index contributed by atoms with van der Waals surface area (Å²) in [5.41, 5.74) is 4.33. The molecule has 0 fully saturated rings. The Labute approximate surface area is 187 Å². The minimum absolute atomic E-state index is 0.189. The van der Waals surface area contributed by atoms with E-state index in [1.165, 1.54) is 22.2 Å². The molecule has 158 valence electrons. The van der Waals surface area contributed by atoms with E-state index in [1.807, 2.05) is 72.4 Å². The zero-order valence-electron chi connectivity index (χ0n) is 17.3. The van der Waals surface area contributed by atoms with Gasteiger partial charge in [0.15, 0.2) is 0 Å². The molecule has 0 bridgehead atoms. The van der Waals surface area contributed by atoms with E-state index in [1.54, 1.807) is 6.08 Å². The molecule has 0 unspecified atom stereocenters. The number of para-hydroxylation sites is 1. The molecule has 7 nitrogen and oxygen atoms in total. The number of benzene rings is 2. The molecule has 0 aliphatic heterocycles. The van der Waals surface area contributed by atoms with Crippen molar-refractivity contribution in [2.75, 3.05) is 6.61 Å². The first-order valence-corrected chi connectivity index (χ1v) is 10.8. The van der Waals surface area contributed by atoms with Crippen LogP contribution in [0.4, 0.5) is 0 Å². The minimum atomic E-state index is -0.189.